The first kappa shape index (κ1) is 19.2. The summed E-state index contributed by atoms with van der Waals surface area (Å²) in [6.07, 6.45) is -5.19. The third-order valence-electron chi connectivity index (χ3n) is 3.11. The van der Waals surface area contributed by atoms with E-state index in [9.17, 15) is 13.2 Å². The number of carboxylic acid groups (broad SMARTS) is 1. The maximum absolute atomic E-state index is 10.5. The van der Waals surface area contributed by atoms with Crippen molar-refractivity contribution >= 4 is 26.8 Å². The molecule has 1 heterocycles. The Kier molecular flexibility index (Phi) is 6.40. The first-order chi connectivity index (χ1) is 11.8. The summed E-state index contributed by atoms with van der Waals surface area (Å²) in [4.78, 5) is 8.78. The molecule has 0 spiro atoms. The molecule has 0 aliphatic heterocycles. The van der Waals surface area contributed by atoms with Crippen LogP contribution in [-0.4, -0.2) is 33.0 Å². The fraction of sp³-hybridized carbons (Fsp3) is 0.111. The molecule has 0 aliphatic carbocycles. The van der Waals surface area contributed by atoms with E-state index in [2.05, 4.69) is 61.5 Å². The van der Waals surface area contributed by atoms with Gasteiger partial charge in [-0.15, -0.1) is 0 Å². The van der Waals surface area contributed by atoms with Gasteiger partial charge in [-0.25, -0.2) is 0 Å². The molecule has 3 rings (SSSR count). The van der Waals surface area contributed by atoms with Crippen LogP contribution in [0.3, 0.4) is 0 Å². The minimum atomic E-state index is -5.19. The van der Waals surface area contributed by atoms with Gasteiger partial charge in [-0.3, -0.25) is 0 Å². The predicted octanol–water partition coefficient (Wildman–Crippen LogP) is 3.56. The number of rotatable bonds is 2. The van der Waals surface area contributed by atoms with Gasteiger partial charge < -0.3 is 9.90 Å². The summed E-state index contributed by atoms with van der Waals surface area (Å²) in [5.41, 5.74) is 3.75. The van der Waals surface area contributed by atoms with Crippen LogP contribution in [0.5, 0.6) is 0 Å². The van der Waals surface area contributed by atoms with Gasteiger partial charge in [0.05, 0.1) is 0 Å². The van der Waals surface area contributed by atoms with Crippen molar-refractivity contribution in [2.24, 2.45) is 0 Å². The van der Waals surface area contributed by atoms with E-state index >= 15 is 0 Å². The molecule has 3 aromatic rings. The molecule has 0 N–H and O–H groups in total. The second-order valence-electron chi connectivity index (χ2n) is 5.06. The van der Waals surface area contributed by atoms with Crippen LogP contribution in [0.15, 0.2) is 63.4 Å². The van der Waals surface area contributed by atoms with Crippen molar-refractivity contribution in [1.29, 1.82) is 0 Å². The van der Waals surface area contributed by atoms with Gasteiger partial charge >= 0.3 is 123 Å². The number of alkyl halides is 3. The summed E-state index contributed by atoms with van der Waals surface area (Å²) in [5.74, 6) is -1.98. The van der Waals surface area contributed by atoms with Crippen LogP contribution >= 0.6 is 0 Å². The number of carboxylic acids is 1. The zero-order valence-electron chi connectivity index (χ0n) is 13.0. The Morgan fingerprint density at radius 3 is 2.08 bits per heavy atom. The molecular formula is C18H13F3O3Te. The molecule has 0 saturated heterocycles. The summed E-state index contributed by atoms with van der Waals surface area (Å²) < 4.78 is 38.8. The summed E-state index contributed by atoms with van der Waals surface area (Å²) in [6.45, 7) is 2.10. The summed E-state index contributed by atoms with van der Waals surface area (Å²) in [7, 11) is 0. The maximum Gasteiger partial charge on any atom is 0.430 e. The van der Waals surface area contributed by atoms with E-state index in [1.54, 1.807) is 0 Å². The molecule has 0 amide bonds. The summed E-state index contributed by atoms with van der Waals surface area (Å²) in [6, 6.07) is 21.2. The van der Waals surface area contributed by atoms with Gasteiger partial charge in [0.15, 0.2) is 0 Å². The Hall–Kier alpha value is -2.10. The van der Waals surface area contributed by atoms with Crippen molar-refractivity contribution in [3.05, 3.63) is 66.2 Å². The van der Waals surface area contributed by atoms with Gasteiger partial charge in [0.25, 0.3) is 0 Å². The second kappa shape index (κ2) is 8.32. The molecule has 0 aliphatic rings. The van der Waals surface area contributed by atoms with Crippen LogP contribution in [0.25, 0.3) is 20.5 Å². The van der Waals surface area contributed by atoms with E-state index in [1.165, 1.54) is 20.3 Å². The molecule has 25 heavy (non-hydrogen) atoms. The quantitative estimate of drug-likeness (QED) is 0.433. The molecule has 1 aromatic heterocycles. The Labute approximate surface area is 152 Å². The van der Waals surface area contributed by atoms with Crippen molar-refractivity contribution in [3.8, 4) is 20.5 Å². The molecule has 0 radical (unpaired) electrons. The molecule has 130 valence electrons. The topological polar surface area (TPSA) is 51.4 Å². The molecule has 2 aromatic carbocycles. The predicted molar refractivity (Wildman–Crippen MR) is 86.7 cm³/mol. The van der Waals surface area contributed by atoms with Gasteiger partial charge in [-0.1, -0.05) is 0 Å². The van der Waals surface area contributed by atoms with E-state index in [4.69, 9.17) is 12.7 Å². The smallest absolute Gasteiger partial charge is 0.430 e. The Bertz CT molecular complexity index is 825. The average molecular weight is 462 g/mol. The maximum atomic E-state index is 10.5. The third kappa shape index (κ3) is 5.73. The van der Waals surface area contributed by atoms with Crippen molar-refractivity contribution in [2.45, 2.75) is 13.1 Å². The van der Waals surface area contributed by atoms with Gasteiger partial charge in [0.1, 0.15) is 5.97 Å². The van der Waals surface area contributed by atoms with Gasteiger partial charge in [-0.2, -0.15) is 13.2 Å². The van der Waals surface area contributed by atoms with E-state index in [1.807, 2.05) is 6.07 Å². The SMILES string of the molecule is Cc1ccc(-c2cc(-c3ccccc3)[te][o+]2)cc1.O=C([O-])C(F)(F)F. The zero-order valence-corrected chi connectivity index (χ0v) is 15.4. The normalized spacial score (nSPS) is 10.7. The molecule has 7 heteroatoms. The minimum Gasteiger partial charge on any atom is -0.542 e. The van der Waals surface area contributed by atoms with Crippen LogP contribution in [0, 0.1) is 6.92 Å². The first-order valence-corrected chi connectivity index (χ1v) is 9.23. The number of hydrogen-bond donors (Lipinski definition) is 0. The molecule has 0 bridgehead atoms. The van der Waals surface area contributed by atoms with Gasteiger partial charge in [0.2, 0.25) is 0 Å². The molecule has 0 atom stereocenters. The summed E-state index contributed by atoms with van der Waals surface area (Å²) >= 11 is -0.536. The fourth-order valence-corrected chi connectivity index (χ4v) is 3.87. The molecule has 0 saturated carbocycles. The molecule has 0 unspecified atom stereocenters. The van der Waals surface area contributed by atoms with Crippen molar-refractivity contribution in [3.63, 3.8) is 0 Å². The number of aliphatic carboxylic acids is 1. The van der Waals surface area contributed by atoms with Gasteiger partial charge in [0, 0.05) is 0 Å². The third-order valence-corrected chi connectivity index (χ3v) is 5.38. The number of benzene rings is 2. The van der Waals surface area contributed by atoms with Crippen molar-refractivity contribution in [1.82, 2.24) is 0 Å². The van der Waals surface area contributed by atoms with E-state index < -0.39 is 33.0 Å². The minimum absolute atomic E-state index is 0.536. The van der Waals surface area contributed by atoms with Crippen LogP contribution in [-0.2, 0) is 4.79 Å². The van der Waals surface area contributed by atoms with Crippen LogP contribution in [0.4, 0.5) is 13.2 Å². The molecule has 3 nitrogen and oxygen atoms in total. The van der Waals surface area contributed by atoms with E-state index in [0.717, 1.165) is 5.76 Å². The Balaban J connectivity index is 0.000000277. The van der Waals surface area contributed by atoms with Crippen LogP contribution in [0.2, 0.25) is 0 Å². The van der Waals surface area contributed by atoms with Crippen LogP contribution < -0.4 is 5.11 Å². The standard InChI is InChI=1S/C16H13OTe.C2HF3O2/c1-12-7-9-13(10-8-12)15-11-16(18-17-15)14-5-3-2-4-6-14;3-2(4,5)1(6)7/h2-11H,1H3;(H,6,7)/q+1;/p-1. The summed E-state index contributed by atoms with van der Waals surface area (Å²) in [5, 5.41) is 8.78. The average Bonchev–Trinajstić information content (AvgIpc) is 3.06. The number of hydrogen-bond acceptors (Lipinski definition) is 2. The Morgan fingerprint density at radius 2 is 1.56 bits per heavy atom. The second-order valence-corrected chi connectivity index (χ2v) is 7.26. The zero-order chi connectivity index (χ0) is 18.4. The van der Waals surface area contributed by atoms with Gasteiger partial charge in [-0.05, 0) is 0 Å². The molecular weight excluding hydrogens is 449 g/mol. The number of aryl methyl sites for hydroxylation is 1. The number of carbonyl (C=O) groups is 1. The number of halogens is 3. The largest absolute Gasteiger partial charge is 0.542 e. The Morgan fingerprint density at radius 1 is 1.00 bits per heavy atom. The molecule has 0 fully saturated rings. The first-order valence-electron chi connectivity index (χ1n) is 7.11. The monoisotopic (exact) mass is 464 g/mol. The van der Waals surface area contributed by atoms with E-state index in [0.29, 0.717) is 0 Å². The number of carbonyl (C=O) groups excluding carboxylic acids is 1. The van der Waals surface area contributed by atoms with Crippen molar-refractivity contribution < 1.29 is 25.8 Å². The van der Waals surface area contributed by atoms with Crippen molar-refractivity contribution in [2.75, 3.05) is 0 Å². The van der Waals surface area contributed by atoms with E-state index in [-0.39, 0.29) is 0 Å². The fourth-order valence-electron chi connectivity index (χ4n) is 1.84. The van der Waals surface area contributed by atoms with Crippen LogP contribution in [0.1, 0.15) is 5.56 Å².